The second-order valence-corrected chi connectivity index (χ2v) is 10.1. The van der Waals surface area contributed by atoms with Crippen LogP contribution in [0.15, 0.2) is 66.7 Å². The van der Waals surface area contributed by atoms with Crippen LogP contribution in [-0.2, 0) is 17.8 Å². The number of hydrogen-bond acceptors (Lipinski definition) is 3. The maximum atomic E-state index is 12.8. The van der Waals surface area contributed by atoms with Gasteiger partial charge in [-0.2, -0.15) is 8.78 Å². The number of rotatable bonds is 10. The molecule has 6 heteroatoms. The summed E-state index contributed by atoms with van der Waals surface area (Å²) < 4.78 is 36.4. The lowest BCUT2D eigenvalue weighted by Gasteiger charge is -2.30. The Morgan fingerprint density at radius 2 is 1.89 bits per heavy atom. The van der Waals surface area contributed by atoms with Crippen LogP contribution in [0.4, 0.5) is 8.78 Å². The van der Waals surface area contributed by atoms with Crippen molar-refractivity contribution in [1.29, 1.82) is 0 Å². The molecule has 0 spiro atoms. The van der Waals surface area contributed by atoms with E-state index in [9.17, 15) is 13.6 Å². The molecule has 3 aromatic rings. The first kappa shape index (κ1) is 25.7. The zero-order valence-corrected chi connectivity index (χ0v) is 20.7. The summed E-state index contributed by atoms with van der Waals surface area (Å²) in [7, 11) is 0. The third-order valence-electron chi connectivity index (χ3n) is 7.09. The van der Waals surface area contributed by atoms with Crippen molar-refractivity contribution < 1.29 is 28.2 Å². The number of aliphatic carboxylic acids is 1. The van der Waals surface area contributed by atoms with Gasteiger partial charge in [0.25, 0.3) is 0 Å². The number of para-hydroxylation sites is 1. The fourth-order valence-corrected chi connectivity index (χ4v) is 5.25. The third-order valence-corrected chi connectivity index (χ3v) is 7.09. The average Bonchev–Trinajstić information content (AvgIpc) is 3.20. The second-order valence-electron chi connectivity index (χ2n) is 10.1. The van der Waals surface area contributed by atoms with Crippen LogP contribution in [0.2, 0.25) is 0 Å². The maximum Gasteiger partial charge on any atom is 0.387 e. The number of aryl methyl sites for hydroxylation is 1. The van der Waals surface area contributed by atoms with Gasteiger partial charge in [-0.05, 0) is 76.6 Å². The molecule has 4 rings (SSSR count). The molecule has 4 nitrogen and oxygen atoms in total. The molecule has 0 heterocycles. The van der Waals surface area contributed by atoms with Crippen LogP contribution < -0.4 is 9.47 Å². The first-order valence-corrected chi connectivity index (χ1v) is 12.3. The van der Waals surface area contributed by atoms with E-state index in [1.165, 1.54) is 5.56 Å². The molecular formula is C30H32F2O4. The summed E-state index contributed by atoms with van der Waals surface area (Å²) in [5.41, 5.74) is 5.04. The standard InChI is InChI=1S/C30H32F2O4/c1-30(2)16-6-10-26(30)25-17-20(19-35-27-11-4-3-7-21(27)13-15-28(33)34)12-14-24(25)22-8-5-9-23(18-22)36-29(31)32/h3-5,7-9,11-12,14,17-18,26,29H,6,10,13,15-16,19H2,1-2H3,(H,33,34)/t26-/m0/s1. The highest BCUT2D eigenvalue weighted by molar-refractivity contribution is 5.70. The number of ether oxygens (including phenoxy) is 2. The van der Waals surface area contributed by atoms with Crippen LogP contribution in [0.1, 0.15) is 62.1 Å². The number of alkyl halides is 2. The molecule has 0 aromatic heterocycles. The van der Waals surface area contributed by atoms with Gasteiger partial charge in [0, 0.05) is 6.42 Å². The summed E-state index contributed by atoms with van der Waals surface area (Å²) in [4.78, 5) is 11.0. The van der Waals surface area contributed by atoms with Crippen molar-refractivity contribution >= 4 is 5.97 Å². The van der Waals surface area contributed by atoms with E-state index in [0.29, 0.717) is 24.7 Å². The van der Waals surface area contributed by atoms with Crippen LogP contribution in [-0.4, -0.2) is 17.7 Å². The molecule has 1 atom stereocenters. The highest BCUT2D eigenvalue weighted by Crippen LogP contribution is 2.51. The lowest BCUT2D eigenvalue weighted by molar-refractivity contribution is -0.136. The summed E-state index contributed by atoms with van der Waals surface area (Å²) in [6.45, 7) is 2.05. The molecule has 1 saturated carbocycles. The minimum atomic E-state index is -2.87. The number of halogens is 2. The number of carboxylic acids is 1. The van der Waals surface area contributed by atoms with E-state index < -0.39 is 12.6 Å². The Morgan fingerprint density at radius 3 is 2.61 bits per heavy atom. The van der Waals surface area contributed by atoms with E-state index in [1.54, 1.807) is 18.2 Å². The summed E-state index contributed by atoms with van der Waals surface area (Å²) in [5, 5.41) is 9.04. The van der Waals surface area contributed by atoms with Gasteiger partial charge in [0.15, 0.2) is 0 Å². The Bertz CT molecular complexity index is 1210. The fourth-order valence-electron chi connectivity index (χ4n) is 5.25. The average molecular weight is 495 g/mol. The van der Waals surface area contributed by atoms with Gasteiger partial charge >= 0.3 is 12.6 Å². The van der Waals surface area contributed by atoms with Crippen LogP contribution in [0.5, 0.6) is 11.5 Å². The number of hydrogen-bond donors (Lipinski definition) is 1. The van der Waals surface area contributed by atoms with Crippen LogP contribution in [0.3, 0.4) is 0 Å². The quantitative estimate of drug-likeness (QED) is 0.312. The van der Waals surface area contributed by atoms with Gasteiger partial charge in [-0.25, -0.2) is 0 Å². The number of benzene rings is 3. The second kappa shape index (κ2) is 11.1. The molecular weight excluding hydrogens is 462 g/mol. The molecule has 3 aromatic carbocycles. The molecule has 190 valence electrons. The molecule has 0 amide bonds. The Balaban J connectivity index is 1.64. The molecule has 0 unspecified atom stereocenters. The Hall–Kier alpha value is -3.41. The normalized spacial score (nSPS) is 16.8. The minimum Gasteiger partial charge on any atom is -0.489 e. The summed E-state index contributed by atoms with van der Waals surface area (Å²) in [6.07, 6.45) is 3.79. The summed E-state index contributed by atoms with van der Waals surface area (Å²) >= 11 is 0. The molecule has 1 fully saturated rings. The van der Waals surface area contributed by atoms with E-state index in [1.807, 2.05) is 42.5 Å². The monoisotopic (exact) mass is 494 g/mol. The van der Waals surface area contributed by atoms with Crippen molar-refractivity contribution in [1.82, 2.24) is 0 Å². The van der Waals surface area contributed by atoms with E-state index in [4.69, 9.17) is 9.84 Å². The van der Waals surface area contributed by atoms with E-state index in [2.05, 4.69) is 24.7 Å². The lowest BCUT2D eigenvalue weighted by Crippen LogP contribution is -2.16. The van der Waals surface area contributed by atoms with Crippen molar-refractivity contribution in [2.24, 2.45) is 5.41 Å². The smallest absolute Gasteiger partial charge is 0.387 e. The molecule has 0 radical (unpaired) electrons. The van der Waals surface area contributed by atoms with E-state index in [0.717, 1.165) is 41.5 Å². The predicted octanol–water partition coefficient (Wildman–Crippen LogP) is 7.84. The fraction of sp³-hybridized carbons (Fsp3) is 0.367. The molecule has 0 saturated heterocycles. The first-order chi connectivity index (χ1) is 17.2. The zero-order valence-electron chi connectivity index (χ0n) is 20.7. The number of carbonyl (C=O) groups is 1. The van der Waals surface area contributed by atoms with Gasteiger partial charge < -0.3 is 14.6 Å². The molecule has 1 N–H and O–H groups in total. The maximum absolute atomic E-state index is 12.8. The van der Waals surface area contributed by atoms with E-state index >= 15 is 0 Å². The van der Waals surface area contributed by atoms with Crippen molar-refractivity contribution in [2.45, 2.75) is 65.1 Å². The van der Waals surface area contributed by atoms with Crippen LogP contribution in [0, 0.1) is 5.41 Å². The van der Waals surface area contributed by atoms with Crippen molar-refractivity contribution in [3.8, 4) is 22.6 Å². The van der Waals surface area contributed by atoms with Gasteiger partial charge in [-0.1, -0.05) is 68.8 Å². The number of carboxylic acid groups (broad SMARTS) is 1. The van der Waals surface area contributed by atoms with Crippen molar-refractivity contribution in [2.75, 3.05) is 0 Å². The highest BCUT2D eigenvalue weighted by atomic mass is 19.3. The topological polar surface area (TPSA) is 55.8 Å². The highest BCUT2D eigenvalue weighted by Gasteiger charge is 2.36. The SMILES string of the molecule is CC1(C)CCC[C@H]1c1cc(COc2ccccc2CCC(=O)O)ccc1-c1cccc(OC(F)F)c1. The molecule has 0 aliphatic heterocycles. The Labute approximate surface area is 210 Å². The molecule has 0 bridgehead atoms. The van der Waals surface area contributed by atoms with Crippen LogP contribution in [0.25, 0.3) is 11.1 Å². The molecule has 1 aliphatic carbocycles. The summed E-state index contributed by atoms with van der Waals surface area (Å²) in [6, 6.07) is 20.6. The first-order valence-electron chi connectivity index (χ1n) is 12.3. The van der Waals surface area contributed by atoms with E-state index in [-0.39, 0.29) is 17.6 Å². The predicted molar refractivity (Wildman–Crippen MR) is 136 cm³/mol. The van der Waals surface area contributed by atoms with Gasteiger partial charge in [0.2, 0.25) is 0 Å². The zero-order chi connectivity index (χ0) is 25.7. The Morgan fingerprint density at radius 1 is 1.08 bits per heavy atom. The van der Waals surface area contributed by atoms with Crippen molar-refractivity contribution in [3.05, 3.63) is 83.4 Å². The summed E-state index contributed by atoms with van der Waals surface area (Å²) in [5.74, 6) is 0.314. The molecule has 1 aliphatic rings. The third kappa shape index (κ3) is 6.23. The van der Waals surface area contributed by atoms with Gasteiger partial charge in [-0.3, -0.25) is 4.79 Å². The lowest BCUT2D eigenvalue weighted by atomic mass is 9.75. The van der Waals surface area contributed by atoms with Gasteiger partial charge in [-0.15, -0.1) is 0 Å². The molecule has 36 heavy (non-hydrogen) atoms. The minimum absolute atomic E-state index is 0.0460. The van der Waals surface area contributed by atoms with Gasteiger partial charge in [0.05, 0.1) is 0 Å². The van der Waals surface area contributed by atoms with Gasteiger partial charge in [0.1, 0.15) is 18.1 Å². The van der Waals surface area contributed by atoms with Crippen molar-refractivity contribution in [3.63, 3.8) is 0 Å². The Kier molecular flexibility index (Phi) is 7.92. The largest absolute Gasteiger partial charge is 0.489 e. The van der Waals surface area contributed by atoms with Crippen LogP contribution >= 0.6 is 0 Å².